The number of carbonyl (C=O) groups is 2. The minimum Gasteiger partial charge on any atom is -0.497 e. The Morgan fingerprint density at radius 2 is 1.89 bits per heavy atom. The number of anilines is 1. The fraction of sp³-hybridized carbons (Fsp3) is 0.143. The zero-order valence-corrected chi connectivity index (χ0v) is 15.1. The molecule has 0 atom stereocenters. The molecule has 27 heavy (non-hydrogen) atoms. The molecule has 0 spiro atoms. The summed E-state index contributed by atoms with van der Waals surface area (Å²) in [5.74, 6) is 0.117. The standard InChI is InChI=1S/C21H20N2O4/c1-3-27-21(25)19-13-15-12-16(7-10-18(15)23-19)22-20(24)11-6-14-4-8-17(26-2)9-5-14/h4-13,23H,3H2,1-2H3,(H,22,24)/b11-6+. The van der Waals surface area contributed by atoms with Crippen LogP contribution >= 0.6 is 0 Å². The Morgan fingerprint density at radius 3 is 2.59 bits per heavy atom. The predicted molar refractivity (Wildman–Crippen MR) is 105 cm³/mol. The number of H-pyrrole nitrogens is 1. The van der Waals surface area contributed by atoms with E-state index in [0.717, 1.165) is 22.2 Å². The Labute approximate surface area is 156 Å². The van der Waals surface area contributed by atoms with Gasteiger partial charge in [0.1, 0.15) is 11.4 Å². The van der Waals surface area contributed by atoms with Gasteiger partial charge in [0.15, 0.2) is 0 Å². The van der Waals surface area contributed by atoms with Crippen molar-refractivity contribution < 1.29 is 19.1 Å². The molecule has 1 amide bonds. The molecule has 0 unspecified atom stereocenters. The number of hydrogen-bond donors (Lipinski definition) is 2. The summed E-state index contributed by atoms with van der Waals surface area (Å²) in [6.07, 6.45) is 3.19. The SMILES string of the molecule is CCOC(=O)c1cc2cc(NC(=O)/C=C/c3ccc(OC)cc3)ccc2[nH]1. The topological polar surface area (TPSA) is 80.4 Å². The van der Waals surface area contributed by atoms with Gasteiger partial charge in [-0.05, 0) is 55.0 Å². The molecule has 0 bridgehead atoms. The minimum absolute atomic E-state index is 0.244. The van der Waals surface area contributed by atoms with Crippen LogP contribution in [0.5, 0.6) is 5.75 Å². The van der Waals surface area contributed by atoms with E-state index >= 15 is 0 Å². The maximum atomic E-state index is 12.1. The van der Waals surface area contributed by atoms with Crippen molar-refractivity contribution in [3.05, 3.63) is 65.9 Å². The second-order valence-electron chi connectivity index (χ2n) is 5.80. The largest absolute Gasteiger partial charge is 0.497 e. The lowest BCUT2D eigenvalue weighted by molar-refractivity contribution is -0.111. The molecule has 0 saturated heterocycles. The first-order valence-electron chi connectivity index (χ1n) is 8.52. The quantitative estimate of drug-likeness (QED) is 0.512. The number of aromatic amines is 1. The van der Waals surface area contributed by atoms with Gasteiger partial charge in [0.05, 0.1) is 13.7 Å². The molecule has 6 nitrogen and oxygen atoms in total. The number of nitrogens with one attached hydrogen (secondary N) is 2. The molecule has 2 N–H and O–H groups in total. The zero-order valence-electron chi connectivity index (χ0n) is 15.1. The molecule has 3 rings (SSSR count). The van der Waals surface area contributed by atoms with E-state index in [1.807, 2.05) is 24.3 Å². The van der Waals surface area contributed by atoms with E-state index in [4.69, 9.17) is 9.47 Å². The van der Waals surface area contributed by atoms with Crippen molar-refractivity contribution in [2.75, 3.05) is 19.0 Å². The Hall–Kier alpha value is -3.54. The van der Waals surface area contributed by atoms with Gasteiger partial charge in [-0.2, -0.15) is 0 Å². The van der Waals surface area contributed by atoms with Gasteiger partial charge in [-0.1, -0.05) is 12.1 Å². The summed E-state index contributed by atoms with van der Waals surface area (Å²) in [4.78, 5) is 26.9. The van der Waals surface area contributed by atoms with Gasteiger partial charge in [-0.15, -0.1) is 0 Å². The molecule has 6 heteroatoms. The Morgan fingerprint density at radius 1 is 1.11 bits per heavy atom. The molecular formula is C21H20N2O4. The van der Waals surface area contributed by atoms with Gasteiger partial charge in [0, 0.05) is 22.7 Å². The smallest absolute Gasteiger partial charge is 0.354 e. The number of benzene rings is 2. The van der Waals surface area contributed by atoms with E-state index in [-0.39, 0.29) is 5.91 Å². The van der Waals surface area contributed by atoms with Gasteiger partial charge < -0.3 is 19.8 Å². The van der Waals surface area contributed by atoms with Crippen LogP contribution in [0.4, 0.5) is 5.69 Å². The molecule has 0 aliphatic carbocycles. The highest BCUT2D eigenvalue weighted by Crippen LogP contribution is 2.21. The Balaban J connectivity index is 1.68. The van der Waals surface area contributed by atoms with Crippen molar-refractivity contribution >= 4 is 34.5 Å². The van der Waals surface area contributed by atoms with E-state index in [1.54, 1.807) is 44.4 Å². The summed E-state index contributed by atoms with van der Waals surface area (Å²) in [5, 5.41) is 3.62. The van der Waals surface area contributed by atoms with Gasteiger partial charge in [-0.3, -0.25) is 4.79 Å². The van der Waals surface area contributed by atoms with Gasteiger partial charge in [0.2, 0.25) is 5.91 Å². The number of esters is 1. The van der Waals surface area contributed by atoms with Crippen LogP contribution < -0.4 is 10.1 Å². The molecule has 0 aliphatic rings. The Kier molecular flexibility index (Phi) is 5.56. The average Bonchev–Trinajstić information content (AvgIpc) is 3.10. The molecule has 1 heterocycles. The Bertz CT molecular complexity index is 987. The van der Waals surface area contributed by atoms with Crippen LogP contribution in [-0.4, -0.2) is 30.6 Å². The first kappa shape index (κ1) is 18.3. The second kappa shape index (κ2) is 8.23. The van der Waals surface area contributed by atoms with Crippen LogP contribution in [0.2, 0.25) is 0 Å². The summed E-state index contributed by atoms with van der Waals surface area (Å²) in [6.45, 7) is 2.07. The van der Waals surface area contributed by atoms with E-state index in [1.165, 1.54) is 6.08 Å². The van der Waals surface area contributed by atoms with Crippen LogP contribution in [0.1, 0.15) is 23.0 Å². The molecule has 0 aliphatic heterocycles. The summed E-state index contributed by atoms with van der Waals surface area (Å²) >= 11 is 0. The van der Waals surface area contributed by atoms with Gasteiger partial charge >= 0.3 is 5.97 Å². The van der Waals surface area contributed by atoms with Gasteiger partial charge in [0.25, 0.3) is 0 Å². The number of rotatable bonds is 6. The highest BCUT2D eigenvalue weighted by atomic mass is 16.5. The maximum absolute atomic E-state index is 12.1. The molecule has 0 fully saturated rings. The third-order valence-electron chi connectivity index (χ3n) is 3.93. The van der Waals surface area contributed by atoms with E-state index in [9.17, 15) is 9.59 Å². The van der Waals surface area contributed by atoms with Crippen molar-refractivity contribution in [1.82, 2.24) is 4.98 Å². The van der Waals surface area contributed by atoms with Crippen LogP contribution in [0, 0.1) is 0 Å². The van der Waals surface area contributed by atoms with E-state index < -0.39 is 5.97 Å². The van der Waals surface area contributed by atoms with Crippen molar-refractivity contribution in [1.29, 1.82) is 0 Å². The summed E-state index contributed by atoms with van der Waals surface area (Å²) in [6, 6.07) is 14.5. The second-order valence-corrected chi connectivity index (χ2v) is 5.80. The molecular weight excluding hydrogens is 344 g/mol. The van der Waals surface area contributed by atoms with Crippen LogP contribution in [0.3, 0.4) is 0 Å². The highest BCUT2D eigenvalue weighted by molar-refractivity contribution is 6.03. The van der Waals surface area contributed by atoms with E-state index in [0.29, 0.717) is 18.0 Å². The highest BCUT2D eigenvalue weighted by Gasteiger charge is 2.10. The van der Waals surface area contributed by atoms with Crippen LogP contribution in [0.15, 0.2) is 54.6 Å². The molecule has 1 aromatic heterocycles. The average molecular weight is 364 g/mol. The molecule has 0 radical (unpaired) electrons. The molecule has 3 aromatic rings. The first-order chi connectivity index (χ1) is 13.1. The van der Waals surface area contributed by atoms with Crippen molar-refractivity contribution in [2.45, 2.75) is 6.92 Å². The summed E-state index contributed by atoms with van der Waals surface area (Å²) < 4.78 is 10.1. The predicted octanol–water partition coefficient (Wildman–Crippen LogP) is 4.01. The number of methoxy groups -OCH3 is 1. The number of amides is 1. The molecule has 2 aromatic carbocycles. The number of ether oxygens (including phenoxy) is 2. The number of fused-ring (bicyclic) bond motifs is 1. The fourth-order valence-corrected chi connectivity index (χ4v) is 2.60. The number of hydrogen-bond acceptors (Lipinski definition) is 4. The third kappa shape index (κ3) is 4.55. The third-order valence-corrected chi connectivity index (χ3v) is 3.93. The zero-order chi connectivity index (χ0) is 19.2. The fourth-order valence-electron chi connectivity index (χ4n) is 2.60. The van der Waals surface area contributed by atoms with Crippen LogP contribution in [-0.2, 0) is 9.53 Å². The maximum Gasteiger partial charge on any atom is 0.354 e. The van der Waals surface area contributed by atoms with E-state index in [2.05, 4.69) is 10.3 Å². The van der Waals surface area contributed by atoms with Crippen molar-refractivity contribution in [3.63, 3.8) is 0 Å². The summed E-state index contributed by atoms with van der Waals surface area (Å²) in [7, 11) is 1.61. The molecule has 0 saturated carbocycles. The lowest BCUT2D eigenvalue weighted by atomic mass is 10.2. The van der Waals surface area contributed by atoms with Crippen molar-refractivity contribution in [3.8, 4) is 5.75 Å². The molecule has 138 valence electrons. The number of carbonyl (C=O) groups excluding carboxylic acids is 2. The minimum atomic E-state index is -0.401. The number of aromatic nitrogens is 1. The van der Waals surface area contributed by atoms with Gasteiger partial charge in [-0.25, -0.2) is 4.79 Å². The monoisotopic (exact) mass is 364 g/mol. The van der Waals surface area contributed by atoms with Crippen LogP contribution in [0.25, 0.3) is 17.0 Å². The summed E-state index contributed by atoms with van der Waals surface area (Å²) in [5.41, 5.74) is 2.71. The lowest BCUT2D eigenvalue weighted by Gasteiger charge is -2.02. The normalized spacial score (nSPS) is 10.9. The van der Waals surface area contributed by atoms with Crippen molar-refractivity contribution in [2.24, 2.45) is 0 Å². The lowest BCUT2D eigenvalue weighted by Crippen LogP contribution is -2.07. The first-order valence-corrected chi connectivity index (χ1v) is 8.52.